The van der Waals surface area contributed by atoms with Gasteiger partial charge in [-0.25, -0.2) is 0 Å². The van der Waals surface area contributed by atoms with Gasteiger partial charge < -0.3 is 0 Å². The van der Waals surface area contributed by atoms with Crippen molar-refractivity contribution in [2.24, 2.45) is 0 Å². The fourth-order valence-electron chi connectivity index (χ4n) is 1.22. The first-order valence-corrected chi connectivity index (χ1v) is 4.77. The van der Waals surface area contributed by atoms with Crippen molar-refractivity contribution in [3.63, 3.8) is 0 Å². The highest BCUT2D eigenvalue weighted by molar-refractivity contribution is 6.30. The number of rotatable bonds is 2. The highest BCUT2D eigenvalue weighted by Crippen LogP contribution is 2.21. The summed E-state index contributed by atoms with van der Waals surface area (Å²) in [6, 6.07) is 5.92. The fraction of sp³-hybridized carbons (Fsp3) is 0. The first-order chi connectivity index (χ1) is 7.66. The van der Waals surface area contributed by atoms with Crippen LogP contribution in [0.4, 0.5) is 5.69 Å². The molecule has 0 atom stereocenters. The third-order valence-corrected chi connectivity index (χ3v) is 2.17. The van der Waals surface area contributed by atoms with Crippen molar-refractivity contribution in [3.8, 4) is 11.4 Å². The Hall–Kier alpha value is -2.01. The molecule has 0 radical (unpaired) electrons. The molecule has 0 spiro atoms. The van der Waals surface area contributed by atoms with Crippen LogP contribution in [0.15, 0.2) is 36.7 Å². The summed E-state index contributed by atoms with van der Waals surface area (Å²) in [6.07, 6.45) is 2.90. The van der Waals surface area contributed by atoms with Gasteiger partial charge in [0, 0.05) is 29.5 Å². The summed E-state index contributed by atoms with van der Waals surface area (Å²) in [5.41, 5.74) is 0.916. The Bertz CT molecular complexity index is 545. The third-order valence-electron chi connectivity index (χ3n) is 1.94. The van der Waals surface area contributed by atoms with E-state index in [1.54, 1.807) is 12.1 Å². The van der Waals surface area contributed by atoms with Crippen molar-refractivity contribution in [3.05, 3.63) is 51.8 Å². The van der Waals surface area contributed by atoms with Crippen LogP contribution in [0.3, 0.4) is 0 Å². The van der Waals surface area contributed by atoms with Crippen LogP contribution in [0.1, 0.15) is 0 Å². The Morgan fingerprint density at radius 2 is 1.75 bits per heavy atom. The quantitative estimate of drug-likeness (QED) is 0.593. The van der Waals surface area contributed by atoms with Gasteiger partial charge >= 0.3 is 0 Å². The lowest BCUT2D eigenvalue weighted by Gasteiger charge is -1.99. The van der Waals surface area contributed by atoms with Gasteiger partial charge in [-0.2, -0.15) is 0 Å². The molecule has 0 saturated carbocycles. The normalized spacial score (nSPS) is 10.1. The van der Waals surface area contributed by atoms with Gasteiger partial charge in [0.15, 0.2) is 0 Å². The summed E-state index contributed by atoms with van der Waals surface area (Å²) in [5.74, 6) is 0. The van der Waals surface area contributed by atoms with Crippen molar-refractivity contribution in [1.29, 1.82) is 0 Å². The summed E-state index contributed by atoms with van der Waals surface area (Å²) >= 11 is 5.80. The van der Waals surface area contributed by atoms with Gasteiger partial charge in [-0.05, 0) is 12.1 Å². The van der Waals surface area contributed by atoms with Crippen LogP contribution >= 0.6 is 11.6 Å². The smallest absolute Gasteiger partial charge is 0.258 e. The number of nitro groups is 1. The molecule has 80 valence electrons. The van der Waals surface area contributed by atoms with Gasteiger partial charge in [0.2, 0.25) is 0 Å². The highest BCUT2D eigenvalue weighted by atomic mass is 35.5. The van der Waals surface area contributed by atoms with Gasteiger partial charge in [-0.3, -0.25) is 20.1 Å². The van der Waals surface area contributed by atoms with Crippen molar-refractivity contribution < 1.29 is 4.92 Å². The van der Waals surface area contributed by atoms with Crippen LogP contribution < -0.4 is 0 Å². The molecule has 0 aliphatic heterocycles. The second kappa shape index (κ2) is 4.24. The number of aromatic nitrogens is 2. The topological polar surface area (TPSA) is 68.9 Å². The van der Waals surface area contributed by atoms with Gasteiger partial charge in [0.1, 0.15) is 0 Å². The molecule has 0 aliphatic carbocycles. The van der Waals surface area contributed by atoms with Gasteiger partial charge in [0.25, 0.3) is 5.69 Å². The molecular formula is C10H6ClN3O2. The standard InChI is InChI=1S/C10H6ClN3O2/c11-7-1-3-12-9(5-7)10-6-8(14(15)16)2-4-13-10/h1-6H. The Labute approximate surface area is 95.9 Å². The van der Waals surface area contributed by atoms with E-state index in [1.165, 1.54) is 24.5 Å². The average Bonchev–Trinajstić information content (AvgIpc) is 2.29. The van der Waals surface area contributed by atoms with E-state index in [2.05, 4.69) is 9.97 Å². The lowest BCUT2D eigenvalue weighted by atomic mass is 10.2. The van der Waals surface area contributed by atoms with Crippen LogP contribution in [-0.4, -0.2) is 14.9 Å². The molecular weight excluding hydrogens is 230 g/mol. The minimum absolute atomic E-state index is 0.0215. The zero-order chi connectivity index (χ0) is 11.5. The maximum atomic E-state index is 10.6. The number of hydrogen-bond acceptors (Lipinski definition) is 4. The lowest BCUT2D eigenvalue weighted by Crippen LogP contribution is -1.91. The van der Waals surface area contributed by atoms with E-state index in [9.17, 15) is 10.1 Å². The molecule has 5 nitrogen and oxygen atoms in total. The Morgan fingerprint density at radius 1 is 1.12 bits per heavy atom. The zero-order valence-corrected chi connectivity index (χ0v) is 8.76. The Morgan fingerprint density at radius 3 is 2.38 bits per heavy atom. The predicted octanol–water partition coefficient (Wildman–Crippen LogP) is 2.71. The van der Waals surface area contributed by atoms with Crippen molar-refractivity contribution in [2.75, 3.05) is 0 Å². The summed E-state index contributed by atoms with van der Waals surface area (Å²) in [7, 11) is 0. The fourth-order valence-corrected chi connectivity index (χ4v) is 1.38. The SMILES string of the molecule is O=[N+]([O-])c1ccnc(-c2cc(Cl)ccn2)c1. The molecule has 2 rings (SSSR count). The van der Waals surface area contributed by atoms with Crippen LogP contribution in [0.2, 0.25) is 5.02 Å². The molecule has 2 heterocycles. The molecule has 0 saturated heterocycles. The van der Waals surface area contributed by atoms with E-state index < -0.39 is 4.92 Å². The van der Waals surface area contributed by atoms with Crippen LogP contribution in [0.25, 0.3) is 11.4 Å². The molecule has 16 heavy (non-hydrogen) atoms. The lowest BCUT2D eigenvalue weighted by molar-refractivity contribution is -0.384. The summed E-state index contributed by atoms with van der Waals surface area (Å²) in [5, 5.41) is 11.1. The number of halogens is 1. The maximum absolute atomic E-state index is 10.6. The van der Waals surface area contributed by atoms with Gasteiger partial charge in [-0.15, -0.1) is 0 Å². The summed E-state index contributed by atoms with van der Waals surface area (Å²) in [6.45, 7) is 0. The number of hydrogen-bond donors (Lipinski definition) is 0. The van der Waals surface area contributed by atoms with E-state index >= 15 is 0 Å². The molecule has 0 bridgehead atoms. The van der Waals surface area contributed by atoms with E-state index in [0.717, 1.165) is 0 Å². The van der Waals surface area contributed by atoms with E-state index in [4.69, 9.17) is 11.6 Å². The first kappa shape index (κ1) is 10.5. The molecule has 0 aromatic carbocycles. The average molecular weight is 236 g/mol. The Balaban J connectivity index is 2.48. The second-order valence-corrected chi connectivity index (χ2v) is 3.45. The molecule has 2 aromatic rings. The minimum atomic E-state index is -0.476. The third kappa shape index (κ3) is 2.14. The maximum Gasteiger partial charge on any atom is 0.273 e. The van der Waals surface area contributed by atoms with Gasteiger partial charge in [-0.1, -0.05) is 11.6 Å². The van der Waals surface area contributed by atoms with Crippen molar-refractivity contribution >= 4 is 17.3 Å². The van der Waals surface area contributed by atoms with Crippen LogP contribution in [0.5, 0.6) is 0 Å². The minimum Gasteiger partial charge on any atom is -0.258 e. The first-order valence-electron chi connectivity index (χ1n) is 4.39. The second-order valence-electron chi connectivity index (χ2n) is 3.02. The van der Waals surface area contributed by atoms with Crippen molar-refractivity contribution in [1.82, 2.24) is 9.97 Å². The highest BCUT2D eigenvalue weighted by Gasteiger charge is 2.09. The predicted molar refractivity (Wildman–Crippen MR) is 59.1 cm³/mol. The monoisotopic (exact) mass is 235 g/mol. The Kier molecular flexibility index (Phi) is 2.78. The molecule has 0 fully saturated rings. The largest absolute Gasteiger partial charge is 0.273 e. The van der Waals surface area contributed by atoms with Crippen molar-refractivity contribution in [2.45, 2.75) is 0 Å². The zero-order valence-electron chi connectivity index (χ0n) is 8.00. The molecule has 2 aromatic heterocycles. The van der Waals surface area contributed by atoms with E-state index in [0.29, 0.717) is 16.4 Å². The number of pyridine rings is 2. The molecule has 0 unspecified atom stereocenters. The number of nitrogens with zero attached hydrogens (tertiary/aromatic N) is 3. The van der Waals surface area contributed by atoms with E-state index in [-0.39, 0.29) is 5.69 Å². The summed E-state index contributed by atoms with van der Waals surface area (Å²) in [4.78, 5) is 18.2. The summed E-state index contributed by atoms with van der Waals surface area (Å²) < 4.78 is 0. The molecule has 0 amide bonds. The molecule has 6 heteroatoms. The van der Waals surface area contributed by atoms with Crippen LogP contribution in [0, 0.1) is 10.1 Å². The molecule has 0 aliphatic rings. The molecule has 0 N–H and O–H groups in total. The van der Waals surface area contributed by atoms with Crippen LogP contribution in [-0.2, 0) is 0 Å². The van der Waals surface area contributed by atoms with E-state index in [1.807, 2.05) is 0 Å². The van der Waals surface area contributed by atoms with Gasteiger partial charge in [0.05, 0.1) is 16.3 Å².